The van der Waals surface area contributed by atoms with Crippen molar-refractivity contribution in [2.75, 3.05) is 10.6 Å². The molecule has 0 aliphatic heterocycles. The molecule has 3 aromatic carbocycles. The van der Waals surface area contributed by atoms with E-state index in [1.807, 2.05) is 36.4 Å². The Hall–Kier alpha value is -3.80. The van der Waals surface area contributed by atoms with Crippen LogP contribution in [0, 0.1) is 0 Å². The molecule has 0 aliphatic carbocycles. The second-order valence-electron chi connectivity index (χ2n) is 6.71. The fourth-order valence-electron chi connectivity index (χ4n) is 2.68. The van der Waals surface area contributed by atoms with Crippen molar-refractivity contribution in [2.24, 2.45) is 0 Å². The molecular formula is C24H24N2O4. The maximum atomic E-state index is 12.4. The largest absolute Gasteiger partial charge is 0.481 e. The summed E-state index contributed by atoms with van der Waals surface area (Å²) in [5.74, 6) is 0.661. The highest BCUT2D eigenvalue weighted by atomic mass is 16.5. The maximum absolute atomic E-state index is 12.4. The number of hydrogen-bond acceptors (Lipinski definition) is 4. The molecule has 0 radical (unpaired) electrons. The van der Waals surface area contributed by atoms with Crippen molar-refractivity contribution in [3.63, 3.8) is 0 Å². The van der Waals surface area contributed by atoms with E-state index in [1.54, 1.807) is 62.4 Å². The summed E-state index contributed by atoms with van der Waals surface area (Å²) in [6.07, 6.45) is -1.35. The SMILES string of the molecule is C[C@H](Oc1ccccc1)C(=O)Nc1cccc(NC(=O)[C@H](C)Oc2ccccc2)c1. The zero-order valence-electron chi connectivity index (χ0n) is 16.9. The average molecular weight is 404 g/mol. The zero-order chi connectivity index (χ0) is 21.3. The van der Waals surface area contributed by atoms with Crippen LogP contribution in [0.5, 0.6) is 11.5 Å². The van der Waals surface area contributed by atoms with E-state index in [0.717, 1.165) is 0 Å². The third kappa shape index (κ3) is 6.10. The molecule has 2 N–H and O–H groups in total. The number of hydrogen-bond donors (Lipinski definition) is 2. The number of carbonyl (C=O) groups excluding carboxylic acids is 2. The first kappa shape index (κ1) is 20.9. The Morgan fingerprint density at radius 1 is 0.633 bits per heavy atom. The molecule has 0 spiro atoms. The molecule has 0 aliphatic rings. The number of anilines is 2. The highest BCUT2D eigenvalue weighted by Crippen LogP contribution is 2.18. The monoisotopic (exact) mass is 404 g/mol. The average Bonchev–Trinajstić information content (AvgIpc) is 2.75. The van der Waals surface area contributed by atoms with Crippen LogP contribution in [-0.2, 0) is 9.59 Å². The Bertz CT molecular complexity index is 900. The highest BCUT2D eigenvalue weighted by Gasteiger charge is 2.17. The minimum absolute atomic E-state index is 0.289. The van der Waals surface area contributed by atoms with E-state index in [0.29, 0.717) is 22.9 Å². The summed E-state index contributed by atoms with van der Waals surface area (Å²) in [4.78, 5) is 24.8. The van der Waals surface area contributed by atoms with E-state index in [-0.39, 0.29) is 11.8 Å². The van der Waals surface area contributed by atoms with Crippen molar-refractivity contribution >= 4 is 23.2 Å². The van der Waals surface area contributed by atoms with Crippen LogP contribution in [-0.4, -0.2) is 24.0 Å². The number of nitrogens with one attached hydrogen (secondary N) is 2. The molecule has 0 saturated heterocycles. The van der Waals surface area contributed by atoms with E-state index >= 15 is 0 Å². The van der Waals surface area contributed by atoms with Crippen molar-refractivity contribution in [2.45, 2.75) is 26.1 Å². The van der Waals surface area contributed by atoms with Crippen LogP contribution in [0.3, 0.4) is 0 Å². The Morgan fingerprint density at radius 3 is 1.43 bits per heavy atom. The van der Waals surface area contributed by atoms with Crippen molar-refractivity contribution in [1.29, 1.82) is 0 Å². The standard InChI is InChI=1S/C24H24N2O4/c1-17(29-21-12-5-3-6-13-21)23(27)25-19-10-9-11-20(16-19)26-24(28)18(2)30-22-14-7-4-8-15-22/h3-18H,1-2H3,(H,25,27)(H,26,28)/t17-,18-/m0/s1. The fraction of sp³-hybridized carbons (Fsp3) is 0.167. The Kier molecular flexibility index (Phi) is 7.05. The number of amides is 2. The van der Waals surface area contributed by atoms with Crippen molar-refractivity contribution in [3.05, 3.63) is 84.9 Å². The number of rotatable bonds is 8. The molecule has 154 valence electrons. The zero-order valence-corrected chi connectivity index (χ0v) is 16.9. The van der Waals surface area contributed by atoms with Crippen LogP contribution in [0.1, 0.15) is 13.8 Å². The summed E-state index contributed by atoms with van der Waals surface area (Å²) >= 11 is 0. The lowest BCUT2D eigenvalue weighted by molar-refractivity contribution is -0.122. The summed E-state index contributed by atoms with van der Waals surface area (Å²) in [5.41, 5.74) is 1.11. The Balaban J connectivity index is 1.56. The molecule has 0 heterocycles. The topological polar surface area (TPSA) is 76.7 Å². The lowest BCUT2D eigenvalue weighted by Crippen LogP contribution is -2.31. The van der Waals surface area contributed by atoms with Crippen LogP contribution in [0.15, 0.2) is 84.9 Å². The van der Waals surface area contributed by atoms with Gasteiger partial charge in [-0.05, 0) is 56.3 Å². The van der Waals surface area contributed by atoms with Crippen LogP contribution in [0.2, 0.25) is 0 Å². The fourth-order valence-corrected chi connectivity index (χ4v) is 2.68. The van der Waals surface area contributed by atoms with E-state index < -0.39 is 12.2 Å². The van der Waals surface area contributed by atoms with Gasteiger partial charge >= 0.3 is 0 Å². The molecule has 2 atom stereocenters. The third-order valence-corrected chi connectivity index (χ3v) is 4.25. The predicted molar refractivity (Wildman–Crippen MR) is 117 cm³/mol. The van der Waals surface area contributed by atoms with Gasteiger partial charge in [0, 0.05) is 11.4 Å². The lowest BCUT2D eigenvalue weighted by atomic mass is 10.2. The van der Waals surface area contributed by atoms with E-state index in [1.165, 1.54) is 0 Å². The molecule has 0 aromatic heterocycles. The molecule has 3 rings (SSSR count). The predicted octanol–water partition coefficient (Wildman–Crippen LogP) is 4.50. The van der Waals surface area contributed by atoms with Gasteiger partial charge in [0.25, 0.3) is 11.8 Å². The lowest BCUT2D eigenvalue weighted by Gasteiger charge is -2.16. The quantitative estimate of drug-likeness (QED) is 0.580. The maximum Gasteiger partial charge on any atom is 0.265 e. The highest BCUT2D eigenvalue weighted by molar-refractivity contribution is 5.97. The molecule has 6 nitrogen and oxygen atoms in total. The smallest absolute Gasteiger partial charge is 0.265 e. The summed E-state index contributed by atoms with van der Waals surface area (Å²) < 4.78 is 11.3. The van der Waals surface area contributed by atoms with Gasteiger partial charge in [-0.25, -0.2) is 0 Å². The summed E-state index contributed by atoms with van der Waals surface area (Å²) in [6, 6.07) is 25.2. The molecule has 0 saturated carbocycles. The first-order chi connectivity index (χ1) is 14.5. The third-order valence-electron chi connectivity index (χ3n) is 4.25. The van der Waals surface area contributed by atoms with E-state index in [9.17, 15) is 9.59 Å². The van der Waals surface area contributed by atoms with Crippen molar-refractivity contribution in [3.8, 4) is 11.5 Å². The van der Waals surface area contributed by atoms with Crippen LogP contribution in [0.25, 0.3) is 0 Å². The molecule has 0 fully saturated rings. The number of para-hydroxylation sites is 2. The Morgan fingerprint density at radius 2 is 1.03 bits per heavy atom. The summed E-state index contributed by atoms with van der Waals surface area (Å²) in [7, 11) is 0. The molecule has 0 bridgehead atoms. The molecule has 30 heavy (non-hydrogen) atoms. The number of carbonyl (C=O) groups is 2. The Labute approximate surface area is 175 Å². The normalized spacial score (nSPS) is 12.3. The number of ether oxygens (including phenoxy) is 2. The minimum Gasteiger partial charge on any atom is -0.481 e. The van der Waals surface area contributed by atoms with Crippen molar-refractivity contribution < 1.29 is 19.1 Å². The van der Waals surface area contributed by atoms with Crippen LogP contribution < -0.4 is 20.1 Å². The van der Waals surface area contributed by atoms with E-state index in [2.05, 4.69) is 10.6 Å². The van der Waals surface area contributed by atoms with Gasteiger partial charge in [0.05, 0.1) is 0 Å². The van der Waals surface area contributed by atoms with Crippen LogP contribution >= 0.6 is 0 Å². The minimum atomic E-state index is -0.676. The van der Waals surface area contributed by atoms with Gasteiger partial charge in [-0.15, -0.1) is 0 Å². The van der Waals surface area contributed by atoms with Crippen LogP contribution in [0.4, 0.5) is 11.4 Å². The van der Waals surface area contributed by atoms with Gasteiger partial charge in [0.2, 0.25) is 0 Å². The summed E-state index contributed by atoms with van der Waals surface area (Å²) in [5, 5.41) is 5.60. The first-order valence-electron chi connectivity index (χ1n) is 9.66. The van der Waals surface area contributed by atoms with Gasteiger partial charge in [0.1, 0.15) is 11.5 Å². The van der Waals surface area contributed by atoms with Gasteiger partial charge in [0.15, 0.2) is 12.2 Å². The first-order valence-corrected chi connectivity index (χ1v) is 9.66. The molecule has 0 unspecified atom stereocenters. The van der Waals surface area contributed by atoms with Gasteiger partial charge in [-0.3, -0.25) is 9.59 Å². The van der Waals surface area contributed by atoms with Gasteiger partial charge in [-0.2, -0.15) is 0 Å². The number of benzene rings is 3. The molecular weight excluding hydrogens is 380 g/mol. The molecule has 2 amide bonds. The van der Waals surface area contributed by atoms with E-state index in [4.69, 9.17) is 9.47 Å². The molecule has 3 aromatic rings. The van der Waals surface area contributed by atoms with Crippen molar-refractivity contribution in [1.82, 2.24) is 0 Å². The second-order valence-corrected chi connectivity index (χ2v) is 6.71. The summed E-state index contributed by atoms with van der Waals surface area (Å²) in [6.45, 7) is 3.35. The molecule has 6 heteroatoms. The second kappa shape index (κ2) is 10.1. The van der Waals surface area contributed by atoms with Gasteiger partial charge in [-0.1, -0.05) is 42.5 Å². The van der Waals surface area contributed by atoms with Gasteiger partial charge < -0.3 is 20.1 Å².